The lowest BCUT2D eigenvalue weighted by Crippen LogP contribution is -2.49. The van der Waals surface area contributed by atoms with Crippen LogP contribution in [0, 0.1) is 12.7 Å². The van der Waals surface area contributed by atoms with Crippen molar-refractivity contribution in [3.63, 3.8) is 0 Å². The largest absolute Gasteiger partial charge is 0.496 e. The molecule has 0 radical (unpaired) electrons. The number of halogens is 1. The first-order valence-corrected chi connectivity index (χ1v) is 12.1. The van der Waals surface area contributed by atoms with Gasteiger partial charge in [0.2, 0.25) is 0 Å². The molecule has 37 heavy (non-hydrogen) atoms. The number of benzene rings is 3. The Morgan fingerprint density at radius 3 is 2.57 bits per heavy atom. The van der Waals surface area contributed by atoms with E-state index in [0.29, 0.717) is 35.9 Å². The molecule has 3 aromatic carbocycles. The molecule has 0 aliphatic carbocycles. The van der Waals surface area contributed by atoms with E-state index in [1.165, 1.54) is 0 Å². The molecule has 0 bridgehead atoms. The van der Waals surface area contributed by atoms with E-state index in [4.69, 9.17) is 19.2 Å². The molecule has 1 aliphatic rings. The average molecular weight is 499 g/mol. The van der Waals surface area contributed by atoms with Crippen molar-refractivity contribution in [2.75, 3.05) is 20.3 Å². The lowest BCUT2D eigenvalue weighted by Gasteiger charge is -2.41. The van der Waals surface area contributed by atoms with E-state index in [2.05, 4.69) is 16.6 Å². The second kappa shape index (κ2) is 9.05. The minimum Gasteiger partial charge on any atom is -0.496 e. The zero-order chi connectivity index (χ0) is 25.6. The Labute approximate surface area is 214 Å². The van der Waals surface area contributed by atoms with Gasteiger partial charge in [0.15, 0.2) is 11.6 Å². The molecule has 1 aliphatic heterocycles. The van der Waals surface area contributed by atoms with Crippen LogP contribution in [0.3, 0.4) is 0 Å². The topological polar surface area (TPSA) is 63.3 Å². The van der Waals surface area contributed by atoms with Crippen LogP contribution in [-0.4, -0.2) is 39.7 Å². The molecule has 5 aromatic rings. The first-order valence-electron chi connectivity index (χ1n) is 12.1. The summed E-state index contributed by atoms with van der Waals surface area (Å²) >= 11 is 0. The van der Waals surface area contributed by atoms with Crippen LogP contribution in [0.5, 0.6) is 11.5 Å². The fourth-order valence-electron chi connectivity index (χ4n) is 4.86. The van der Waals surface area contributed by atoms with Crippen LogP contribution >= 0.6 is 0 Å². The SMILES string of the molecule is COc1cc(-c2nc3ccc(-n4cccn4)cc3n2C2(C)COC2)c(F)c(OCc2ccccc2)c1C. The molecule has 6 rings (SSSR count). The smallest absolute Gasteiger partial charge is 0.176 e. The molecule has 0 atom stereocenters. The van der Waals surface area contributed by atoms with Gasteiger partial charge in [0, 0.05) is 18.0 Å². The van der Waals surface area contributed by atoms with Crippen molar-refractivity contribution in [3.05, 3.63) is 90.0 Å². The minimum atomic E-state index is -0.470. The first-order chi connectivity index (χ1) is 18.0. The van der Waals surface area contributed by atoms with Crippen LogP contribution in [0.25, 0.3) is 28.1 Å². The van der Waals surface area contributed by atoms with Crippen molar-refractivity contribution >= 4 is 11.0 Å². The Hall–Kier alpha value is -4.17. The Balaban J connectivity index is 1.53. The van der Waals surface area contributed by atoms with E-state index in [1.807, 2.05) is 60.8 Å². The summed E-state index contributed by atoms with van der Waals surface area (Å²) in [6.45, 7) is 5.13. The minimum absolute atomic E-state index is 0.157. The number of hydrogen-bond donors (Lipinski definition) is 0. The van der Waals surface area contributed by atoms with Crippen molar-refractivity contribution in [2.24, 2.45) is 0 Å². The van der Waals surface area contributed by atoms with Gasteiger partial charge >= 0.3 is 0 Å². The Kier molecular flexibility index (Phi) is 5.68. The quantitative estimate of drug-likeness (QED) is 0.289. The fourth-order valence-corrected chi connectivity index (χ4v) is 4.86. The molecule has 0 amide bonds. The highest BCUT2D eigenvalue weighted by atomic mass is 19.1. The highest BCUT2D eigenvalue weighted by Crippen LogP contribution is 2.42. The fraction of sp³-hybridized carbons (Fsp3) is 0.241. The molecule has 1 saturated heterocycles. The highest BCUT2D eigenvalue weighted by Gasteiger charge is 2.39. The number of rotatable bonds is 7. The standard InChI is InChI=1S/C29H27FN4O3/c1-19-25(35-3)15-22(26(30)27(19)37-16-20-8-5-4-6-9-20)28-32-23-11-10-21(33-13-7-12-31-33)14-24(23)34(28)29(2)17-36-18-29/h4-15H,16-18H2,1-3H3. The number of aromatic nitrogens is 4. The molecular formula is C29H27FN4O3. The van der Waals surface area contributed by atoms with Crippen molar-refractivity contribution in [1.29, 1.82) is 0 Å². The van der Waals surface area contributed by atoms with E-state index in [-0.39, 0.29) is 17.9 Å². The molecule has 3 heterocycles. The van der Waals surface area contributed by atoms with Crippen LogP contribution < -0.4 is 9.47 Å². The third-order valence-corrected chi connectivity index (χ3v) is 6.88. The number of fused-ring (bicyclic) bond motifs is 1. The number of nitrogens with zero attached hydrogens (tertiary/aromatic N) is 4. The summed E-state index contributed by atoms with van der Waals surface area (Å²) in [6, 6.07) is 19.2. The van der Waals surface area contributed by atoms with Gasteiger partial charge < -0.3 is 18.8 Å². The zero-order valence-corrected chi connectivity index (χ0v) is 20.9. The Bertz CT molecular complexity index is 1570. The van der Waals surface area contributed by atoms with E-state index in [1.54, 1.807) is 31.0 Å². The lowest BCUT2D eigenvalue weighted by molar-refractivity contribution is -0.0868. The van der Waals surface area contributed by atoms with Crippen molar-refractivity contribution < 1.29 is 18.6 Å². The summed E-state index contributed by atoms with van der Waals surface area (Å²) in [7, 11) is 1.57. The number of ether oxygens (including phenoxy) is 3. The molecule has 0 N–H and O–H groups in total. The first kappa shape index (κ1) is 23.2. The predicted molar refractivity (Wildman–Crippen MR) is 139 cm³/mol. The summed E-state index contributed by atoms with van der Waals surface area (Å²) in [4.78, 5) is 4.91. The molecule has 0 spiro atoms. The maximum atomic E-state index is 16.3. The summed E-state index contributed by atoms with van der Waals surface area (Å²) in [6.07, 6.45) is 3.62. The maximum absolute atomic E-state index is 16.3. The van der Waals surface area contributed by atoms with Gasteiger partial charge in [0.1, 0.15) is 18.2 Å². The van der Waals surface area contributed by atoms with Gasteiger partial charge in [-0.2, -0.15) is 5.10 Å². The zero-order valence-electron chi connectivity index (χ0n) is 20.9. The second-order valence-electron chi connectivity index (χ2n) is 9.55. The molecule has 8 heteroatoms. The molecule has 0 unspecified atom stereocenters. The molecule has 1 fully saturated rings. The summed E-state index contributed by atoms with van der Waals surface area (Å²) < 4.78 is 37.4. The van der Waals surface area contributed by atoms with Gasteiger partial charge in [0.05, 0.1) is 48.1 Å². The number of hydrogen-bond acceptors (Lipinski definition) is 5. The van der Waals surface area contributed by atoms with E-state index in [0.717, 1.165) is 22.3 Å². The number of imidazole rings is 1. The van der Waals surface area contributed by atoms with Crippen molar-refractivity contribution in [1.82, 2.24) is 19.3 Å². The Morgan fingerprint density at radius 2 is 1.89 bits per heavy atom. The Morgan fingerprint density at radius 1 is 1.08 bits per heavy atom. The van der Waals surface area contributed by atoms with Gasteiger partial charge in [-0.3, -0.25) is 0 Å². The van der Waals surface area contributed by atoms with Gasteiger partial charge in [0.25, 0.3) is 0 Å². The van der Waals surface area contributed by atoms with E-state index in [9.17, 15) is 0 Å². The summed E-state index contributed by atoms with van der Waals surface area (Å²) in [5.41, 5.74) is 4.00. The molecular weight excluding hydrogens is 471 g/mol. The highest BCUT2D eigenvalue weighted by molar-refractivity contribution is 5.84. The predicted octanol–water partition coefficient (Wildman–Crippen LogP) is 5.67. The number of methoxy groups -OCH3 is 1. The van der Waals surface area contributed by atoms with Crippen molar-refractivity contribution in [2.45, 2.75) is 26.0 Å². The average Bonchev–Trinajstić information content (AvgIpc) is 3.56. The van der Waals surface area contributed by atoms with Crippen LogP contribution in [-0.2, 0) is 16.9 Å². The van der Waals surface area contributed by atoms with Crippen LogP contribution in [0.4, 0.5) is 4.39 Å². The van der Waals surface area contributed by atoms with Gasteiger partial charge in [-0.1, -0.05) is 30.3 Å². The van der Waals surface area contributed by atoms with Gasteiger partial charge in [-0.05, 0) is 49.7 Å². The van der Waals surface area contributed by atoms with Gasteiger partial charge in [-0.15, -0.1) is 0 Å². The van der Waals surface area contributed by atoms with Crippen LogP contribution in [0.2, 0.25) is 0 Å². The summed E-state index contributed by atoms with van der Waals surface area (Å²) in [5.74, 6) is 0.718. The van der Waals surface area contributed by atoms with Crippen LogP contribution in [0.1, 0.15) is 18.1 Å². The lowest BCUT2D eigenvalue weighted by atomic mass is 9.98. The second-order valence-corrected chi connectivity index (χ2v) is 9.55. The third-order valence-electron chi connectivity index (χ3n) is 6.88. The monoisotopic (exact) mass is 498 g/mol. The van der Waals surface area contributed by atoms with E-state index < -0.39 is 5.82 Å². The molecule has 188 valence electrons. The van der Waals surface area contributed by atoms with Gasteiger partial charge in [-0.25, -0.2) is 14.1 Å². The third kappa shape index (κ3) is 3.94. The normalized spacial score (nSPS) is 14.5. The van der Waals surface area contributed by atoms with Crippen LogP contribution in [0.15, 0.2) is 73.1 Å². The molecule has 0 saturated carbocycles. The molecule has 7 nitrogen and oxygen atoms in total. The molecule has 2 aromatic heterocycles. The van der Waals surface area contributed by atoms with Crippen molar-refractivity contribution in [3.8, 4) is 28.6 Å². The maximum Gasteiger partial charge on any atom is 0.176 e. The van der Waals surface area contributed by atoms with E-state index >= 15 is 4.39 Å². The summed E-state index contributed by atoms with van der Waals surface area (Å²) in [5, 5.41) is 4.36.